The first-order valence-corrected chi connectivity index (χ1v) is 13.6. The highest BCUT2D eigenvalue weighted by Gasteiger charge is 2.38. The first kappa shape index (κ1) is 28.2. The van der Waals surface area contributed by atoms with Crippen molar-refractivity contribution in [3.05, 3.63) is 77.0 Å². The lowest BCUT2D eigenvalue weighted by Gasteiger charge is -2.42. The summed E-state index contributed by atoms with van der Waals surface area (Å²) >= 11 is 0. The minimum Gasteiger partial charge on any atom is -0.463 e. The molecule has 208 valence electrons. The molecule has 0 radical (unpaired) electrons. The first-order chi connectivity index (χ1) is 18.7. The van der Waals surface area contributed by atoms with Crippen molar-refractivity contribution in [2.45, 2.75) is 45.7 Å². The van der Waals surface area contributed by atoms with Gasteiger partial charge in [0.1, 0.15) is 0 Å². The fourth-order valence-electron chi connectivity index (χ4n) is 5.13. The maximum atomic E-state index is 13.3. The molecule has 2 aromatic carbocycles. The second-order valence-corrected chi connectivity index (χ2v) is 10.4. The van der Waals surface area contributed by atoms with E-state index in [-0.39, 0.29) is 24.7 Å². The molecule has 4 rings (SSSR count). The first-order valence-electron chi connectivity index (χ1n) is 13.6. The van der Waals surface area contributed by atoms with Crippen molar-refractivity contribution in [3.63, 3.8) is 0 Å². The van der Waals surface area contributed by atoms with Gasteiger partial charge < -0.3 is 20.3 Å². The monoisotopic (exact) mass is 533 g/mol. The number of esters is 1. The highest BCUT2D eigenvalue weighted by molar-refractivity contribution is 5.95. The van der Waals surface area contributed by atoms with Crippen LogP contribution in [0.5, 0.6) is 0 Å². The van der Waals surface area contributed by atoms with E-state index >= 15 is 0 Å². The Morgan fingerprint density at radius 3 is 2.38 bits per heavy atom. The molecule has 2 aliphatic rings. The molecule has 0 aromatic heterocycles. The Morgan fingerprint density at radius 1 is 1.08 bits per heavy atom. The highest BCUT2D eigenvalue weighted by Crippen LogP contribution is 2.32. The van der Waals surface area contributed by atoms with Gasteiger partial charge in [0.2, 0.25) is 0 Å². The maximum Gasteiger partial charge on any atom is 0.338 e. The fourth-order valence-corrected chi connectivity index (χ4v) is 5.13. The van der Waals surface area contributed by atoms with Crippen LogP contribution in [-0.4, -0.2) is 78.6 Å². The number of hydrogen-bond acceptors (Lipinski definition) is 5. The molecule has 0 spiro atoms. The van der Waals surface area contributed by atoms with Gasteiger partial charge in [-0.2, -0.15) is 0 Å². The molecule has 0 unspecified atom stereocenters. The van der Waals surface area contributed by atoms with Gasteiger partial charge in [0.25, 0.3) is 0 Å². The maximum absolute atomic E-state index is 13.3. The number of para-hydroxylation sites is 1. The largest absolute Gasteiger partial charge is 0.463 e. The minimum absolute atomic E-state index is 0.0591. The Balaban J connectivity index is 1.56. The van der Waals surface area contributed by atoms with E-state index in [1.807, 2.05) is 66.4 Å². The molecule has 9 heteroatoms. The molecule has 4 amide bonds. The molecule has 2 aromatic rings. The van der Waals surface area contributed by atoms with E-state index in [2.05, 4.69) is 29.4 Å². The zero-order valence-corrected chi connectivity index (χ0v) is 23.4. The molecular weight excluding hydrogens is 494 g/mol. The standard InChI is InChI=1S/C30H39N5O4/c1-6-39-28(36)26-25(33(5)29(37)32-27(26)23-14-12-22(13-15-23)20(2)3)19-34-16-17-35(21(4)18-34)30(38)31-24-10-8-7-9-11-24/h7-15,20-21,27H,6,16-19H2,1-5H3,(H,31,38)(H,32,37)/t21-,27-/m1/s1. The van der Waals surface area contributed by atoms with Gasteiger partial charge >= 0.3 is 18.0 Å². The SMILES string of the molecule is CCOC(=O)C1=C(CN2CCN(C(=O)Nc3ccccc3)[C@H](C)C2)N(C)C(=O)N[C@@H]1c1ccc(C(C)C)cc1. The summed E-state index contributed by atoms with van der Waals surface area (Å²) in [5.41, 5.74) is 3.82. The Bertz CT molecular complexity index is 1210. The van der Waals surface area contributed by atoms with Gasteiger partial charge in [-0.15, -0.1) is 0 Å². The van der Waals surface area contributed by atoms with Gasteiger partial charge in [-0.05, 0) is 43.0 Å². The van der Waals surface area contributed by atoms with E-state index < -0.39 is 12.0 Å². The van der Waals surface area contributed by atoms with Crippen molar-refractivity contribution in [1.82, 2.24) is 20.0 Å². The highest BCUT2D eigenvalue weighted by atomic mass is 16.5. The van der Waals surface area contributed by atoms with Crippen LogP contribution in [0.2, 0.25) is 0 Å². The number of benzene rings is 2. The molecule has 1 fully saturated rings. The summed E-state index contributed by atoms with van der Waals surface area (Å²) in [5, 5.41) is 5.95. The number of nitrogens with zero attached hydrogens (tertiary/aromatic N) is 3. The predicted molar refractivity (Wildman–Crippen MR) is 151 cm³/mol. The zero-order valence-electron chi connectivity index (χ0n) is 23.4. The van der Waals surface area contributed by atoms with Crippen LogP contribution < -0.4 is 10.6 Å². The average molecular weight is 534 g/mol. The third-order valence-corrected chi connectivity index (χ3v) is 7.38. The molecule has 0 aliphatic carbocycles. The van der Waals surface area contributed by atoms with Gasteiger partial charge in [0.15, 0.2) is 0 Å². The summed E-state index contributed by atoms with van der Waals surface area (Å²) in [4.78, 5) is 44.8. The van der Waals surface area contributed by atoms with Crippen LogP contribution >= 0.6 is 0 Å². The molecule has 9 nitrogen and oxygen atoms in total. The third kappa shape index (κ3) is 6.42. The second-order valence-electron chi connectivity index (χ2n) is 10.4. The number of nitrogens with one attached hydrogen (secondary N) is 2. The van der Waals surface area contributed by atoms with Gasteiger partial charge in [-0.3, -0.25) is 9.80 Å². The lowest BCUT2D eigenvalue weighted by atomic mass is 9.92. The molecule has 2 atom stereocenters. The van der Waals surface area contributed by atoms with Crippen molar-refractivity contribution in [2.75, 3.05) is 45.2 Å². The van der Waals surface area contributed by atoms with E-state index in [9.17, 15) is 14.4 Å². The normalized spacial score (nSPS) is 20.2. The Labute approximate surface area is 230 Å². The number of carbonyl (C=O) groups excluding carboxylic acids is 3. The van der Waals surface area contributed by atoms with E-state index in [0.717, 1.165) is 11.3 Å². The van der Waals surface area contributed by atoms with Crippen LogP contribution in [0.1, 0.15) is 50.8 Å². The summed E-state index contributed by atoms with van der Waals surface area (Å²) < 4.78 is 5.47. The third-order valence-electron chi connectivity index (χ3n) is 7.38. The van der Waals surface area contributed by atoms with Crippen LogP contribution in [0, 0.1) is 0 Å². The number of piperazine rings is 1. The van der Waals surface area contributed by atoms with Crippen molar-refractivity contribution < 1.29 is 19.1 Å². The molecular formula is C30H39N5O4. The molecule has 39 heavy (non-hydrogen) atoms. The lowest BCUT2D eigenvalue weighted by Crippen LogP contribution is -2.56. The average Bonchev–Trinajstić information content (AvgIpc) is 2.91. The number of amides is 4. The number of carbonyl (C=O) groups is 3. The summed E-state index contributed by atoms with van der Waals surface area (Å²) in [6.45, 7) is 10.4. The van der Waals surface area contributed by atoms with Crippen LogP contribution in [0.3, 0.4) is 0 Å². The lowest BCUT2D eigenvalue weighted by molar-refractivity contribution is -0.139. The van der Waals surface area contributed by atoms with Gasteiger partial charge in [0, 0.05) is 50.7 Å². The predicted octanol–water partition coefficient (Wildman–Crippen LogP) is 4.56. The van der Waals surface area contributed by atoms with E-state index in [4.69, 9.17) is 4.74 Å². The van der Waals surface area contributed by atoms with Crippen LogP contribution in [0.15, 0.2) is 65.9 Å². The zero-order chi connectivity index (χ0) is 28.1. The molecule has 0 saturated carbocycles. The van der Waals surface area contributed by atoms with E-state index in [0.29, 0.717) is 43.4 Å². The van der Waals surface area contributed by atoms with Crippen molar-refractivity contribution >= 4 is 23.7 Å². The summed E-state index contributed by atoms with van der Waals surface area (Å²) in [7, 11) is 1.68. The smallest absolute Gasteiger partial charge is 0.338 e. The quantitative estimate of drug-likeness (QED) is 0.509. The van der Waals surface area contributed by atoms with Crippen molar-refractivity contribution in [1.29, 1.82) is 0 Å². The Kier molecular flexibility index (Phi) is 8.91. The summed E-state index contributed by atoms with van der Waals surface area (Å²) in [5.74, 6) is -0.0663. The molecule has 2 N–H and O–H groups in total. The summed E-state index contributed by atoms with van der Waals surface area (Å²) in [6.07, 6.45) is 0. The van der Waals surface area contributed by atoms with E-state index in [1.54, 1.807) is 14.0 Å². The Hall–Kier alpha value is -3.85. The summed E-state index contributed by atoms with van der Waals surface area (Å²) in [6, 6.07) is 16.3. The molecule has 1 saturated heterocycles. The van der Waals surface area contributed by atoms with Crippen molar-refractivity contribution in [2.24, 2.45) is 0 Å². The number of hydrogen-bond donors (Lipinski definition) is 2. The van der Waals surface area contributed by atoms with Crippen LogP contribution in [0.4, 0.5) is 15.3 Å². The van der Waals surface area contributed by atoms with Crippen LogP contribution in [-0.2, 0) is 9.53 Å². The Morgan fingerprint density at radius 2 is 1.77 bits per heavy atom. The number of rotatable bonds is 7. The number of anilines is 1. The topological polar surface area (TPSA) is 94.2 Å². The molecule has 0 bridgehead atoms. The second kappa shape index (κ2) is 12.3. The van der Waals surface area contributed by atoms with E-state index in [1.165, 1.54) is 10.5 Å². The van der Waals surface area contributed by atoms with Crippen LogP contribution in [0.25, 0.3) is 0 Å². The van der Waals surface area contributed by atoms with Gasteiger partial charge in [0.05, 0.1) is 18.2 Å². The fraction of sp³-hybridized carbons (Fsp3) is 0.433. The van der Waals surface area contributed by atoms with Gasteiger partial charge in [-0.25, -0.2) is 14.4 Å². The minimum atomic E-state index is -0.612. The van der Waals surface area contributed by atoms with Gasteiger partial charge in [-0.1, -0.05) is 56.3 Å². The molecule has 2 aliphatic heterocycles. The number of ether oxygens (including phenoxy) is 1. The number of likely N-dealkylation sites (N-methyl/N-ethyl adjacent to an activating group) is 1. The molecule has 2 heterocycles. The van der Waals surface area contributed by atoms with Crippen molar-refractivity contribution in [3.8, 4) is 0 Å². The number of urea groups is 2.